The molecule has 6 nitrogen and oxygen atoms in total. The molecule has 1 aliphatic heterocycles. The van der Waals surface area contributed by atoms with Crippen molar-refractivity contribution >= 4 is 38.2 Å². The highest BCUT2D eigenvalue weighted by atomic mass is 32.1. The lowest BCUT2D eigenvalue weighted by atomic mass is 9.97. The lowest BCUT2D eigenvalue weighted by molar-refractivity contribution is -0.120. The van der Waals surface area contributed by atoms with E-state index in [1.165, 1.54) is 17.4 Å². The molecule has 5 rings (SSSR count). The van der Waals surface area contributed by atoms with Crippen LogP contribution in [0.5, 0.6) is 0 Å². The predicted octanol–water partition coefficient (Wildman–Crippen LogP) is 4.22. The van der Waals surface area contributed by atoms with Gasteiger partial charge >= 0.3 is 0 Å². The van der Waals surface area contributed by atoms with E-state index < -0.39 is 0 Å². The second-order valence-electron chi connectivity index (χ2n) is 8.08. The van der Waals surface area contributed by atoms with Crippen LogP contribution in [0.3, 0.4) is 0 Å². The maximum atomic E-state index is 13.6. The summed E-state index contributed by atoms with van der Waals surface area (Å²) in [4.78, 5) is 40.1. The topological polar surface area (TPSA) is 80.2 Å². The number of para-hydroxylation sites is 1. The largest absolute Gasteiger partial charge is 0.317 e. The van der Waals surface area contributed by atoms with Crippen molar-refractivity contribution in [2.75, 3.05) is 18.4 Å². The molecule has 1 fully saturated rings. The number of fused-ring (bicyclic) bond motifs is 1. The summed E-state index contributed by atoms with van der Waals surface area (Å²) in [5, 5.41) is 7.44. The summed E-state index contributed by atoms with van der Waals surface area (Å²) in [5.74, 6) is -0.369. The third-order valence-corrected chi connectivity index (χ3v) is 7.07. The number of piperidine rings is 1. The van der Waals surface area contributed by atoms with Crippen LogP contribution in [0.2, 0.25) is 0 Å². The van der Waals surface area contributed by atoms with Crippen LogP contribution in [0.25, 0.3) is 15.9 Å². The van der Waals surface area contributed by atoms with Crippen LogP contribution in [0.1, 0.15) is 28.8 Å². The Morgan fingerprint density at radius 1 is 0.909 bits per heavy atom. The lowest BCUT2D eigenvalue weighted by Gasteiger charge is -2.21. The SMILES string of the molecule is O=C(c1ccccc1)c1c(NC(=O)C2CCNCC2)sc2c1ccc(=O)n2-c1ccccc1. The highest BCUT2D eigenvalue weighted by Gasteiger charge is 2.27. The van der Waals surface area contributed by atoms with Gasteiger partial charge in [-0.25, -0.2) is 0 Å². The molecular formula is C26H23N3O3S. The Morgan fingerprint density at radius 2 is 1.58 bits per heavy atom. The first kappa shape index (κ1) is 21.3. The molecule has 7 heteroatoms. The molecule has 1 amide bonds. The van der Waals surface area contributed by atoms with Gasteiger partial charge in [0.05, 0.1) is 11.3 Å². The Hall–Kier alpha value is -3.55. The third-order valence-electron chi connectivity index (χ3n) is 5.97. The van der Waals surface area contributed by atoms with Gasteiger partial charge in [0.15, 0.2) is 5.78 Å². The molecule has 1 aliphatic rings. The number of thiophene rings is 1. The van der Waals surface area contributed by atoms with E-state index in [0.29, 0.717) is 32.0 Å². The highest BCUT2D eigenvalue weighted by molar-refractivity contribution is 7.23. The van der Waals surface area contributed by atoms with Crippen molar-refractivity contribution in [1.82, 2.24) is 9.88 Å². The van der Waals surface area contributed by atoms with Gasteiger partial charge in [-0.2, -0.15) is 0 Å². The molecular weight excluding hydrogens is 434 g/mol. The molecule has 0 aliphatic carbocycles. The van der Waals surface area contributed by atoms with E-state index in [2.05, 4.69) is 10.6 Å². The first-order valence-electron chi connectivity index (χ1n) is 11.0. The number of carbonyl (C=O) groups is 2. The number of rotatable bonds is 5. The van der Waals surface area contributed by atoms with Crippen molar-refractivity contribution < 1.29 is 9.59 Å². The minimum atomic E-state index is -0.190. The molecule has 0 unspecified atom stereocenters. The number of aromatic nitrogens is 1. The number of pyridine rings is 1. The molecule has 2 N–H and O–H groups in total. The van der Waals surface area contributed by atoms with Crippen LogP contribution in [-0.2, 0) is 4.79 Å². The van der Waals surface area contributed by atoms with Gasteiger partial charge in [-0.3, -0.25) is 19.0 Å². The Labute approximate surface area is 194 Å². The van der Waals surface area contributed by atoms with Crippen LogP contribution >= 0.6 is 11.3 Å². The average molecular weight is 458 g/mol. The zero-order valence-electron chi connectivity index (χ0n) is 17.9. The maximum absolute atomic E-state index is 13.6. The van der Waals surface area contributed by atoms with E-state index in [1.807, 2.05) is 48.5 Å². The number of anilines is 1. The fourth-order valence-electron chi connectivity index (χ4n) is 4.25. The Bertz CT molecular complexity index is 1370. The van der Waals surface area contributed by atoms with E-state index in [4.69, 9.17) is 0 Å². The number of benzene rings is 2. The zero-order valence-corrected chi connectivity index (χ0v) is 18.7. The number of amides is 1. The summed E-state index contributed by atoms with van der Waals surface area (Å²) in [6.07, 6.45) is 1.51. The van der Waals surface area contributed by atoms with E-state index in [0.717, 1.165) is 25.9 Å². The van der Waals surface area contributed by atoms with Crippen molar-refractivity contribution in [3.63, 3.8) is 0 Å². The predicted molar refractivity (Wildman–Crippen MR) is 132 cm³/mol. The maximum Gasteiger partial charge on any atom is 0.256 e. The van der Waals surface area contributed by atoms with Crippen LogP contribution in [0.15, 0.2) is 77.6 Å². The van der Waals surface area contributed by atoms with E-state index >= 15 is 0 Å². The molecule has 33 heavy (non-hydrogen) atoms. The quantitative estimate of drug-likeness (QED) is 0.440. The van der Waals surface area contributed by atoms with Crippen molar-refractivity contribution in [2.45, 2.75) is 12.8 Å². The van der Waals surface area contributed by atoms with Crippen LogP contribution < -0.4 is 16.2 Å². The molecule has 3 heterocycles. The number of ketones is 1. The monoisotopic (exact) mass is 457 g/mol. The number of nitrogens with one attached hydrogen (secondary N) is 2. The second-order valence-corrected chi connectivity index (χ2v) is 9.08. The molecule has 0 saturated carbocycles. The molecule has 166 valence electrons. The second kappa shape index (κ2) is 9.13. The van der Waals surface area contributed by atoms with Gasteiger partial charge in [0.1, 0.15) is 9.83 Å². The molecule has 0 spiro atoms. The highest BCUT2D eigenvalue weighted by Crippen LogP contribution is 2.38. The Morgan fingerprint density at radius 3 is 2.27 bits per heavy atom. The van der Waals surface area contributed by atoms with Crippen molar-refractivity contribution in [3.05, 3.63) is 94.3 Å². The van der Waals surface area contributed by atoms with Gasteiger partial charge in [0.2, 0.25) is 5.91 Å². The molecule has 2 aromatic heterocycles. The normalized spacial score (nSPS) is 14.3. The van der Waals surface area contributed by atoms with Crippen LogP contribution in [0, 0.1) is 5.92 Å². The molecule has 4 aromatic rings. The van der Waals surface area contributed by atoms with Crippen molar-refractivity contribution in [1.29, 1.82) is 0 Å². The van der Waals surface area contributed by atoms with E-state index in [9.17, 15) is 14.4 Å². The van der Waals surface area contributed by atoms with Gasteiger partial charge in [-0.05, 0) is 44.1 Å². The van der Waals surface area contributed by atoms with Crippen molar-refractivity contribution in [2.24, 2.45) is 5.92 Å². The van der Waals surface area contributed by atoms with Gasteiger partial charge in [-0.1, -0.05) is 59.9 Å². The number of carbonyl (C=O) groups excluding carboxylic acids is 2. The summed E-state index contributed by atoms with van der Waals surface area (Å²) in [6, 6.07) is 21.5. The van der Waals surface area contributed by atoms with Gasteiger partial charge in [0.25, 0.3) is 5.56 Å². The van der Waals surface area contributed by atoms with Crippen LogP contribution in [0.4, 0.5) is 5.00 Å². The number of hydrogen-bond donors (Lipinski definition) is 2. The van der Waals surface area contributed by atoms with E-state index in [-0.39, 0.29) is 23.2 Å². The lowest BCUT2D eigenvalue weighted by Crippen LogP contribution is -2.34. The standard InChI is InChI=1S/C26H23N3O3S/c30-21-12-11-20-22(23(31)17-7-3-1-4-8-17)25(28-24(32)18-13-15-27-16-14-18)33-26(20)29(21)19-9-5-2-6-10-19/h1-12,18,27H,13-16H2,(H,28,32). The Balaban J connectivity index is 1.68. The summed E-state index contributed by atoms with van der Waals surface area (Å²) < 4.78 is 1.60. The summed E-state index contributed by atoms with van der Waals surface area (Å²) in [6.45, 7) is 1.60. The molecule has 0 bridgehead atoms. The van der Waals surface area contributed by atoms with Gasteiger partial charge in [0, 0.05) is 22.9 Å². The fraction of sp³-hybridized carbons (Fsp3) is 0.192. The van der Waals surface area contributed by atoms with E-state index in [1.54, 1.807) is 22.8 Å². The smallest absolute Gasteiger partial charge is 0.256 e. The number of hydrogen-bond acceptors (Lipinski definition) is 5. The summed E-state index contributed by atoms with van der Waals surface area (Å²) in [7, 11) is 0. The molecule has 1 saturated heterocycles. The van der Waals surface area contributed by atoms with Crippen LogP contribution in [-0.4, -0.2) is 29.3 Å². The first-order valence-corrected chi connectivity index (χ1v) is 11.8. The minimum absolute atomic E-state index is 0.0845. The summed E-state index contributed by atoms with van der Waals surface area (Å²) in [5.41, 5.74) is 1.48. The first-order chi connectivity index (χ1) is 16.1. The van der Waals surface area contributed by atoms with Gasteiger partial charge < -0.3 is 10.6 Å². The molecule has 2 aromatic carbocycles. The number of nitrogens with zero attached hydrogens (tertiary/aromatic N) is 1. The fourth-order valence-corrected chi connectivity index (χ4v) is 5.47. The molecule has 0 atom stereocenters. The Kier molecular flexibility index (Phi) is 5.90. The third kappa shape index (κ3) is 4.13. The van der Waals surface area contributed by atoms with Gasteiger partial charge in [-0.15, -0.1) is 0 Å². The summed E-state index contributed by atoms with van der Waals surface area (Å²) >= 11 is 1.27. The molecule has 0 radical (unpaired) electrons. The zero-order chi connectivity index (χ0) is 22.8. The minimum Gasteiger partial charge on any atom is -0.317 e. The average Bonchev–Trinajstić information content (AvgIpc) is 3.22. The van der Waals surface area contributed by atoms with Crippen molar-refractivity contribution in [3.8, 4) is 5.69 Å².